The lowest BCUT2D eigenvalue weighted by Crippen LogP contribution is -2.14. The molecule has 0 unspecified atom stereocenters. The third kappa shape index (κ3) is 1.87. The van der Waals surface area contributed by atoms with Crippen LogP contribution >= 0.6 is 0 Å². The first-order chi connectivity index (χ1) is 11.3. The van der Waals surface area contributed by atoms with Gasteiger partial charge in [-0.05, 0) is 49.4 Å². The molecule has 0 saturated heterocycles. The molecule has 0 spiro atoms. The Morgan fingerprint density at radius 2 is 1.70 bits per heavy atom. The highest BCUT2D eigenvalue weighted by atomic mass is 16.5. The Hall–Kier alpha value is -2.49. The first-order valence-corrected chi connectivity index (χ1v) is 8.12. The number of benzene rings is 2. The summed E-state index contributed by atoms with van der Waals surface area (Å²) in [6.07, 6.45) is 3.72. The largest absolute Gasteiger partial charge is 0.493 e. The second-order valence-corrected chi connectivity index (χ2v) is 6.21. The zero-order valence-electron chi connectivity index (χ0n) is 12.7. The van der Waals surface area contributed by atoms with Crippen molar-refractivity contribution in [3.8, 4) is 11.5 Å². The molecule has 0 radical (unpaired) electrons. The molecule has 2 aromatic carbocycles. The monoisotopic (exact) mass is 308 g/mol. The summed E-state index contributed by atoms with van der Waals surface area (Å²) in [5.41, 5.74) is 3.34. The van der Waals surface area contributed by atoms with Gasteiger partial charge in [-0.15, -0.1) is 0 Å². The van der Waals surface area contributed by atoms with Crippen molar-refractivity contribution in [3.05, 3.63) is 45.6 Å². The van der Waals surface area contributed by atoms with Crippen molar-refractivity contribution in [1.82, 2.24) is 0 Å². The maximum atomic E-state index is 13.1. The van der Waals surface area contributed by atoms with E-state index in [1.165, 1.54) is 0 Å². The van der Waals surface area contributed by atoms with E-state index in [1.807, 2.05) is 24.3 Å². The molecule has 0 aliphatic carbocycles. The van der Waals surface area contributed by atoms with Gasteiger partial charge in [0.2, 0.25) is 5.43 Å². The van der Waals surface area contributed by atoms with Gasteiger partial charge in [0.25, 0.3) is 0 Å². The van der Waals surface area contributed by atoms with E-state index in [0.717, 1.165) is 54.9 Å². The molecule has 116 valence electrons. The lowest BCUT2D eigenvalue weighted by molar-refractivity contribution is 0.288. The molecular formula is C19H16O4. The fourth-order valence-electron chi connectivity index (χ4n) is 3.65. The fourth-order valence-corrected chi connectivity index (χ4v) is 3.65. The Labute approximate surface area is 132 Å². The van der Waals surface area contributed by atoms with Crippen LogP contribution in [0.25, 0.3) is 21.9 Å². The fraction of sp³-hybridized carbons (Fsp3) is 0.316. The van der Waals surface area contributed by atoms with Crippen molar-refractivity contribution in [1.29, 1.82) is 0 Å². The predicted molar refractivity (Wildman–Crippen MR) is 87.6 cm³/mol. The van der Waals surface area contributed by atoms with E-state index in [1.54, 1.807) is 0 Å². The minimum Gasteiger partial charge on any atom is -0.493 e. The van der Waals surface area contributed by atoms with E-state index in [0.29, 0.717) is 28.5 Å². The average Bonchev–Trinajstić information content (AvgIpc) is 2.60. The van der Waals surface area contributed by atoms with Crippen LogP contribution in [0.3, 0.4) is 0 Å². The molecule has 3 heterocycles. The molecule has 4 nitrogen and oxygen atoms in total. The van der Waals surface area contributed by atoms with Crippen LogP contribution in [-0.4, -0.2) is 13.2 Å². The molecule has 2 aliphatic heterocycles. The number of aryl methyl sites for hydroxylation is 2. The third-order valence-electron chi connectivity index (χ3n) is 4.76. The van der Waals surface area contributed by atoms with E-state index >= 15 is 0 Å². The zero-order valence-corrected chi connectivity index (χ0v) is 12.7. The van der Waals surface area contributed by atoms with Gasteiger partial charge in [-0.1, -0.05) is 0 Å². The molecule has 0 saturated carbocycles. The van der Waals surface area contributed by atoms with Gasteiger partial charge in [-0.2, -0.15) is 0 Å². The minimum absolute atomic E-state index is 0.0389. The quantitative estimate of drug-likeness (QED) is 0.595. The first-order valence-electron chi connectivity index (χ1n) is 8.12. The van der Waals surface area contributed by atoms with Crippen LogP contribution in [0.2, 0.25) is 0 Å². The van der Waals surface area contributed by atoms with Gasteiger partial charge < -0.3 is 13.9 Å². The lowest BCUT2D eigenvalue weighted by atomic mass is 9.98. The third-order valence-corrected chi connectivity index (χ3v) is 4.76. The smallest absolute Gasteiger partial charge is 0.200 e. The van der Waals surface area contributed by atoms with Crippen molar-refractivity contribution in [2.24, 2.45) is 0 Å². The van der Waals surface area contributed by atoms with Gasteiger partial charge in [0.05, 0.1) is 24.0 Å². The van der Waals surface area contributed by atoms with E-state index in [9.17, 15) is 4.79 Å². The summed E-state index contributed by atoms with van der Waals surface area (Å²) in [5.74, 6) is 1.66. The van der Waals surface area contributed by atoms with Crippen LogP contribution in [0.5, 0.6) is 11.5 Å². The van der Waals surface area contributed by atoms with E-state index < -0.39 is 0 Å². The maximum absolute atomic E-state index is 13.1. The van der Waals surface area contributed by atoms with Gasteiger partial charge >= 0.3 is 0 Å². The van der Waals surface area contributed by atoms with Crippen LogP contribution in [0, 0.1) is 0 Å². The molecule has 3 aromatic rings. The Bertz CT molecular complexity index is 999. The zero-order chi connectivity index (χ0) is 15.4. The number of rotatable bonds is 0. The maximum Gasteiger partial charge on any atom is 0.200 e. The van der Waals surface area contributed by atoms with Crippen molar-refractivity contribution in [2.45, 2.75) is 25.7 Å². The normalized spacial score (nSPS) is 16.5. The summed E-state index contributed by atoms with van der Waals surface area (Å²) in [6.45, 7) is 1.43. The highest BCUT2D eigenvalue weighted by Crippen LogP contribution is 2.34. The molecule has 2 aliphatic rings. The van der Waals surface area contributed by atoms with Gasteiger partial charge in [0.1, 0.15) is 22.7 Å². The van der Waals surface area contributed by atoms with Crippen molar-refractivity contribution in [2.75, 3.05) is 13.2 Å². The van der Waals surface area contributed by atoms with E-state index in [2.05, 4.69) is 0 Å². The number of hydrogen-bond donors (Lipinski definition) is 0. The van der Waals surface area contributed by atoms with Crippen LogP contribution in [0.15, 0.2) is 33.5 Å². The summed E-state index contributed by atoms with van der Waals surface area (Å²) in [4.78, 5) is 13.1. The Kier molecular flexibility index (Phi) is 2.68. The summed E-state index contributed by atoms with van der Waals surface area (Å²) >= 11 is 0. The second-order valence-electron chi connectivity index (χ2n) is 6.21. The standard InChI is InChI=1S/C19H16O4/c20-19-13-9-11-3-1-7-22-16(11)10-17(13)23-15-6-5-14-12(18(15)19)4-2-8-21-14/h5-6,9-10H,1-4,7-8H2. The average molecular weight is 308 g/mol. The highest BCUT2D eigenvalue weighted by Gasteiger charge is 2.20. The van der Waals surface area contributed by atoms with Crippen molar-refractivity contribution in [3.63, 3.8) is 0 Å². The summed E-state index contributed by atoms with van der Waals surface area (Å²) < 4.78 is 17.4. The molecule has 1 aromatic heterocycles. The molecule has 4 heteroatoms. The van der Waals surface area contributed by atoms with E-state index in [4.69, 9.17) is 13.9 Å². The molecule has 0 fully saturated rings. The summed E-state index contributed by atoms with van der Waals surface area (Å²) in [6, 6.07) is 7.54. The van der Waals surface area contributed by atoms with Crippen molar-refractivity contribution < 1.29 is 13.9 Å². The molecule has 0 amide bonds. The molecular weight excluding hydrogens is 292 g/mol. The molecule has 0 atom stereocenters. The lowest BCUT2D eigenvalue weighted by Gasteiger charge is -2.19. The highest BCUT2D eigenvalue weighted by molar-refractivity contribution is 5.93. The van der Waals surface area contributed by atoms with Crippen LogP contribution in [0.1, 0.15) is 24.0 Å². The number of fused-ring (bicyclic) bond motifs is 5. The van der Waals surface area contributed by atoms with Crippen molar-refractivity contribution >= 4 is 21.9 Å². The summed E-state index contributed by atoms with van der Waals surface area (Å²) in [7, 11) is 0. The van der Waals surface area contributed by atoms with Gasteiger partial charge in [-0.25, -0.2) is 0 Å². The van der Waals surface area contributed by atoms with Gasteiger partial charge in [0, 0.05) is 11.6 Å². The van der Waals surface area contributed by atoms with Crippen LogP contribution < -0.4 is 14.9 Å². The number of ether oxygens (including phenoxy) is 2. The SMILES string of the molecule is O=c1c2cc3c(cc2oc2ccc4c(c12)CCCO4)OCCC3. The minimum atomic E-state index is 0.0389. The van der Waals surface area contributed by atoms with Crippen LogP contribution in [0.4, 0.5) is 0 Å². The predicted octanol–water partition coefficient (Wildman–Crippen LogP) is 3.60. The summed E-state index contributed by atoms with van der Waals surface area (Å²) in [5, 5.41) is 1.31. The van der Waals surface area contributed by atoms with E-state index in [-0.39, 0.29) is 5.43 Å². The van der Waals surface area contributed by atoms with Gasteiger partial charge in [0.15, 0.2) is 0 Å². The number of hydrogen-bond acceptors (Lipinski definition) is 4. The molecule has 5 rings (SSSR count). The van der Waals surface area contributed by atoms with Crippen LogP contribution in [-0.2, 0) is 12.8 Å². The Balaban J connectivity index is 1.89. The first kappa shape index (κ1) is 13.0. The Morgan fingerprint density at radius 3 is 2.61 bits per heavy atom. The Morgan fingerprint density at radius 1 is 0.870 bits per heavy atom. The topological polar surface area (TPSA) is 48.7 Å². The molecule has 23 heavy (non-hydrogen) atoms. The molecule has 0 bridgehead atoms. The van der Waals surface area contributed by atoms with Gasteiger partial charge in [-0.3, -0.25) is 4.79 Å². The second kappa shape index (κ2) is 4.75. The molecule has 0 N–H and O–H groups in total.